The molecule has 0 aliphatic rings. The standard InChI is InChI=1S/C21H25N5OS/c1-8-28(27)21-18-14(5)12(3)13(4)15(6)19(18)24-26(21)20-16(7)25-10-22-11(2)9-17(25)23-20/h9-10H,8H2,1-7H3. The van der Waals surface area contributed by atoms with Gasteiger partial charge in [-0.1, -0.05) is 6.92 Å². The lowest BCUT2D eigenvalue weighted by Crippen LogP contribution is -2.08. The van der Waals surface area contributed by atoms with Crippen LogP contribution < -0.4 is 0 Å². The van der Waals surface area contributed by atoms with Crippen LogP contribution in [0.25, 0.3) is 22.4 Å². The molecular weight excluding hydrogens is 370 g/mol. The first-order valence-corrected chi connectivity index (χ1v) is 10.8. The Kier molecular flexibility index (Phi) is 4.38. The average molecular weight is 396 g/mol. The van der Waals surface area contributed by atoms with Crippen LogP contribution in [0.3, 0.4) is 0 Å². The topological polar surface area (TPSA) is 65.1 Å². The molecule has 6 nitrogen and oxygen atoms in total. The highest BCUT2D eigenvalue weighted by Crippen LogP contribution is 2.34. The van der Waals surface area contributed by atoms with Crippen molar-refractivity contribution < 1.29 is 4.21 Å². The fraction of sp³-hybridized carbons (Fsp3) is 0.381. The first kappa shape index (κ1) is 18.8. The number of hydrogen-bond acceptors (Lipinski definition) is 4. The van der Waals surface area contributed by atoms with Crippen LogP contribution in [0.2, 0.25) is 0 Å². The number of hydrogen-bond donors (Lipinski definition) is 0. The second-order valence-corrected chi connectivity index (χ2v) is 9.01. The van der Waals surface area contributed by atoms with Gasteiger partial charge in [-0.25, -0.2) is 14.6 Å². The zero-order valence-corrected chi connectivity index (χ0v) is 18.2. The maximum Gasteiger partial charge on any atom is 0.176 e. The number of benzene rings is 1. The molecule has 7 heteroatoms. The van der Waals surface area contributed by atoms with Crippen molar-refractivity contribution in [1.82, 2.24) is 24.1 Å². The van der Waals surface area contributed by atoms with Crippen LogP contribution in [-0.2, 0) is 10.8 Å². The van der Waals surface area contributed by atoms with Gasteiger partial charge in [0, 0.05) is 22.9 Å². The molecule has 0 N–H and O–H groups in total. The van der Waals surface area contributed by atoms with Crippen LogP contribution >= 0.6 is 0 Å². The Morgan fingerprint density at radius 2 is 1.68 bits per heavy atom. The summed E-state index contributed by atoms with van der Waals surface area (Å²) >= 11 is 0. The summed E-state index contributed by atoms with van der Waals surface area (Å²) in [6, 6.07) is 1.95. The van der Waals surface area contributed by atoms with E-state index in [4.69, 9.17) is 10.1 Å². The van der Waals surface area contributed by atoms with Gasteiger partial charge in [0.25, 0.3) is 0 Å². The molecule has 146 valence electrons. The number of imidazole rings is 1. The quantitative estimate of drug-likeness (QED) is 0.525. The summed E-state index contributed by atoms with van der Waals surface area (Å²) in [5.41, 5.74) is 8.28. The average Bonchev–Trinajstić information content (AvgIpc) is 3.22. The molecule has 1 aromatic carbocycles. The summed E-state index contributed by atoms with van der Waals surface area (Å²) in [6.07, 6.45) is 1.78. The van der Waals surface area contributed by atoms with E-state index in [0.717, 1.165) is 44.1 Å². The third kappa shape index (κ3) is 2.53. The Morgan fingerprint density at radius 3 is 2.36 bits per heavy atom. The minimum absolute atomic E-state index is 0.527. The number of nitrogens with zero attached hydrogens (tertiary/aromatic N) is 5. The Balaban J connectivity index is 2.16. The molecule has 0 saturated carbocycles. The molecule has 0 spiro atoms. The van der Waals surface area contributed by atoms with Crippen LogP contribution in [0.1, 0.15) is 40.6 Å². The largest absolute Gasteiger partial charge is 0.285 e. The minimum atomic E-state index is -1.18. The highest BCUT2D eigenvalue weighted by Gasteiger charge is 2.25. The van der Waals surface area contributed by atoms with Crippen molar-refractivity contribution in [2.24, 2.45) is 0 Å². The van der Waals surface area contributed by atoms with Crippen LogP contribution in [0.5, 0.6) is 0 Å². The fourth-order valence-corrected chi connectivity index (χ4v) is 4.84. The second kappa shape index (κ2) is 6.51. The molecule has 1 atom stereocenters. The van der Waals surface area contributed by atoms with Gasteiger partial charge in [-0.3, -0.25) is 8.61 Å². The van der Waals surface area contributed by atoms with Crippen molar-refractivity contribution in [1.29, 1.82) is 0 Å². The summed E-state index contributed by atoms with van der Waals surface area (Å²) in [4.78, 5) is 9.19. The molecule has 3 heterocycles. The van der Waals surface area contributed by atoms with E-state index in [1.165, 1.54) is 11.1 Å². The van der Waals surface area contributed by atoms with E-state index < -0.39 is 10.8 Å². The molecule has 1 unspecified atom stereocenters. The van der Waals surface area contributed by atoms with Crippen molar-refractivity contribution in [3.8, 4) is 5.82 Å². The predicted octanol–water partition coefficient (Wildman–Crippen LogP) is 4.05. The first-order valence-electron chi connectivity index (χ1n) is 9.45. The van der Waals surface area contributed by atoms with Crippen molar-refractivity contribution in [2.45, 2.75) is 53.5 Å². The molecule has 0 aliphatic carbocycles. The molecule has 0 saturated heterocycles. The molecule has 0 radical (unpaired) electrons. The molecule has 4 rings (SSSR count). The molecule has 28 heavy (non-hydrogen) atoms. The summed E-state index contributed by atoms with van der Waals surface area (Å²) in [6.45, 7) is 14.3. The summed E-state index contributed by atoms with van der Waals surface area (Å²) in [5, 5.41) is 6.65. The van der Waals surface area contributed by atoms with E-state index in [0.29, 0.717) is 11.6 Å². The SMILES string of the molecule is CCS(=O)c1c2c(C)c(C)c(C)c(C)c2nn1-c1nc2cc(C)ncn2c1C. The van der Waals surface area contributed by atoms with Crippen molar-refractivity contribution in [3.63, 3.8) is 0 Å². The Bertz CT molecular complexity index is 1280. The van der Waals surface area contributed by atoms with Crippen molar-refractivity contribution in [2.75, 3.05) is 5.75 Å². The van der Waals surface area contributed by atoms with E-state index >= 15 is 0 Å². The normalized spacial score (nSPS) is 13.0. The summed E-state index contributed by atoms with van der Waals surface area (Å²) < 4.78 is 16.9. The van der Waals surface area contributed by atoms with Gasteiger partial charge < -0.3 is 0 Å². The van der Waals surface area contributed by atoms with Gasteiger partial charge in [0.1, 0.15) is 17.0 Å². The lowest BCUT2D eigenvalue weighted by Gasteiger charge is -2.11. The Morgan fingerprint density at radius 1 is 1.00 bits per heavy atom. The zero-order chi connectivity index (χ0) is 20.3. The van der Waals surface area contributed by atoms with E-state index in [-0.39, 0.29) is 0 Å². The maximum atomic E-state index is 13.1. The van der Waals surface area contributed by atoms with Crippen LogP contribution in [0.4, 0.5) is 0 Å². The highest BCUT2D eigenvalue weighted by molar-refractivity contribution is 7.85. The molecule has 0 aliphatic heterocycles. The Hall–Kier alpha value is -2.54. The summed E-state index contributed by atoms with van der Waals surface area (Å²) in [7, 11) is -1.18. The van der Waals surface area contributed by atoms with E-state index in [9.17, 15) is 4.21 Å². The molecular formula is C21H25N5OS. The number of rotatable bonds is 3. The number of aryl methyl sites for hydroxylation is 4. The molecule has 0 amide bonds. The lowest BCUT2D eigenvalue weighted by molar-refractivity contribution is 0.672. The molecule has 4 aromatic rings. The van der Waals surface area contributed by atoms with Crippen LogP contribution in [0.15, 0.2) is 17.4 Å². The van der Waals surface area contributed by atoms with E-state index in [2.05, 4.69) is 32.7 Å². The highest BCUT2D eigenvalue weighted by atomic mass is 32.2. The van der Waals surface area contributed by atoms with Gasteiger partial charge in [-0.05, 0) is 63.8 Å². The second-order valence-electron chi connectivity index (χ2n) is 7.35. The van der Waals surface area contributed by atoms with Crippen molar-refractivity contribution in [3.05, 3.63) is 46.0 Å². The van der Waals surface area contributed by atoms with Gasteiger partial charge in [0.05, 0.1) is 22.0 Å². The fourth-order valence-electron chi connectivity index (χ4n) is 3.77. The Labute approximate surface area is 167 Å². The smallest absolute Gasteiger partial charge is 0.176 e. The monoisotopic (exact) mass is 395 g/mol. The van der Waals surface area contributed by atoms with Crippen molar-refractivity contribution >= 4 is 27.3 Å². The minimum Gasteiger partial charge on any atom is -0.285 e. The van der Waals surface area contributed by atoms with Crippen LogP contribution in [0, 0.1) is 41.5 Å². The van der Waals surface area contributed by atoms with Gasteiger partial charge >= 0.3 is 0 Å². The van der Waals surface area contributed by atoms with Crippen LogP contribution in [-0.4, -0.2) is 34.1 Å². The molecule has 0 fully saturated rings. The van der Waals surface area contributed by atoms with E-state index in [1.54, 1.807) is 11.0 Å². The maximum absolute atomic E-state index is 13.1. The third-order valence-corrected chi connectivity index (χ3v) is 7.14. The number of aromatic nitrogens is 5. The molecule has 3 aromatic heterocycles. The van der Waals surface area contributed by atoms with Gasteiger partial charge in [-0.2, -0.15) is 5.10 Å². The predicted molar refractivity (Wildman–Crippen MR) is 113 cm³/mol. The number of fused-ring (bicyclic) bond motifs is 2. The van der Waals surface area contributed by atoms with E-state index in [1.807, 2.05) is 31.2 Å². The van der Waals surface area contributed by atoms with Gasteiger partial charge in [0.2, 0.25) is 0 Å². The molecule has 0 bridgehead atoms. The zero-order valence-electron chi connectivity index (χ0n) is 17.4. The lowest BCUT2D eigenvalue weighted by atomic mass is 9.96. The first-order chi connectivity index (χ1) is 13.3. The van der Waals surface area contributed by atoms with Gasteiger partial charge in [0.15, 0.2) is 5.82 Å². The summed E-state index contributed by atoms with van der Waals surface area (Å²) in [5.74, 6) is 1.23. The van der Waals surface area contributed by atoms with Gasteiger partial charge in [-0.15, -0.1) is 0 Å². The third-order valence-electron chi connectivity index (χ3n) is 5.81.